The lowest BCUT2D eigenvalue weighted by atomic mass is 9.94. The molecular weight excluding hydrogens is 258 g/mol. The zero-order chi connectivity index (χ0) is 15.7. The topological polar surface area (TPSA) is 78.6 Å². The van der Waals surface area contributed by atoms with E-state index in [1.54, 1.807) is 6.92 Å². The minimum atomic E-state index is -0.813. The monoisotopic (exact) mass is 287 g/mol. The van der Waals surface area contributed by atoms with E-state index in [0.29, 0.717) is 12.5 Å². The van der Waals surface area contributed by atoms with Gasteiger partial charge in [0.25, 0.3) is 0 Å². The summed E-state index contributed by atoms with van der Waals surface area (Å²) < 4.78 is 10.4. The molecule has 0 aliphatic rings. The highest BCUT2D eigenvalue weighted by molar-refractivity contribution is 5.71. The van der Waals surface area contributed by atoms with Gasteiger partial charge in [-0.05, 0) is 24.8 Å². The van der Waals surface area contributed by atoms with Crippen LogP contribution in [-0.2, 0) is 19.1 Å². The number of rotatable bonds is 9. The Morgan fingerprint density at radius 2 is 1.60 bits per heavy atom. The van der Waals surface area contributed by atoms with E-state index < -0.39 is 6.29 Å². The third-order valence-corrected chi connectivity index (χ3v) is 2.92. The van der Waals surface area contributed by atoms with Gasteiger partial charge in [-0.25, -0.2) is 0 Å². The summed E-state index contributed by atoms with van der Waals surface area (Å²) in [4.78, 5) is 23.2. The highest BCUT2D eigenvalue weighted by atomic mass is 16.7. The molecule has 0 saturated carbocycles. The van der Waals surface area contributed by atoms with Crippen LogP contribution in [0.1, 0.15) is 53.9 Å². The van der Waals surface area contributed by atoms with Crippen molar-refractivity contribution >= 4 is 11.9 Å². The summed E-state index contributed by atoms with van der Waals surface area (Å²) in [6.07, 6.45) is 0.598. The van der Waals surface area contributed by atoms with Gasteiger partial charge in [0.05, 0.1) is 0 Å². The van der Waals surface area contributed by atoms with Crippen molar-refractivity contribution in [1.29, 1.82) is 0 Å². The molecule has 2 atom stereocenters. The summed E-state index contributed by atoms with van der Waals surface area (Å²) in [7, 11) is 0. The minimum absolute atomic E-state index is 0.0733. The molecule has 1 unspecified atom stereocenters. The molecule has 0 bridgehead atoms. The molecule has 5 nitrogen and oxygen atoms in total. The number of hydrogen-bond donors (Lipinski definition) is 1. The molecule has 0 amide bonds. The van der Waals surface area contributed by atoms with Crippen LogP contribution >= 0.6 is 0 Å². The van der Waals surface area contributed by atoms with Crippen LogP contribution in [0.3, 0.4) is 0 Å². The molecule has 5 heteroatoms. The van der Waals surface area contributed by atoms with Gasteiger partial charge in [-0.15, -0.1) is 0 Å². The molecule has 0 rings (SSSR count). The maximum Gasteiger partial charge on any atom is 0.309 e. The summed E-state index contributed by atoms with van der Waals surface area (Å²) >= 11 is 0. The summed E-state index contributed by atoms with van der Waals surface area (Å²) in [5.41, 5.74) is 5.67. The molecule has 0 heterocycles. The second-order valence-corrected chi connectivity index (χ2v) is 5.88. The van der Waals surface area contributed by atoms with Crippen molar-refractivity contribution in [2.45, 2.75) is 60.2 Å². The van der Waals surface area contributed by atoms with Gasteiger partial charge in [0.15, 0.2) is 0 Å². The molecule has 0 saturated heterocycles. The fourth-order valence-electron chi connectivity index (χ4n) is 1.85. The molecule has 0 aromatic carbocycles. The van der Waals surface area contributed by atoms with E-state index in [9.17, 15) is 9.59 Å². The van der Waals surface area contributed by atoms with Crippen LogP contribution in [0.15, 0.2) is 0 Å². The molecule has 118 valence electrons. The van der Waals surface area contributed by atoms with E-state index in [1.807, 2.05) is 13.8 Å². The van der Waals surface area contributed by atoms with Gasteiger partial charge in [-0.3, -0.25) is 9.59 Å². The Bertz CT molecular complexity index is 302. The normalized spacial score (nSPS) is 14.2. The second kappa shape index (κ2) is 9.75. The molecule has 2 N–H and O–H groups in total. The number of carbonyl (C=O) groups excluding carboxylic acids is 2. The van der Waals surface area contributed by atoms with Crippen molar-refractivity contribution in [3.8, 4) is 0 Å². The van der Waals surface area contributed by atoms with E-state index in [4.69, 9.17) is 15.2 Å². The number of esters is 2. The molecule has 20 heavy (non-hydrogen) atoms. The van der Waals surface area contributed by atoms with E-state index in [1.165, 1.54) is 0 Å². The number of nitrogens with two attached hydrogens (primary N) is 1. The Kier molecular flexibility index (Phi) is 9.21. The quantitative estimate of drug-likeness (QED) is 0.520. The average Bonchev–Trinajstić information content (AvgIpc) is 2.36. The fourth-order valence-corrected chi connectivity index (χ4v) is 1.85. The maximum absolute atomic E-state index is 11.9. The summed E-state index contributed by atoms with van der Waals surface area (Å²) in [5.74, 6) is -0.207. The molecule has 0 aromatic rings. The van der Waals surface area contributed by atoms with Gasteiger partial charge >= 0.3 is 11.9 Å². The Morgan fingerprint density at radius 3 is 2.00 bits per heavy atom. The first-order valence-corrected chi connectivity index (χ1v) is 7.39. The zero-order valence-electron chi connectivity index (χ0n) is 13.3. The van der Waals surface area contributed by atoms with E-state index in [-0.39, 0.29) is 36.6 Å². The standard InChI is InChI=1S/C15H29NO4/c1-6-13(17)19-15(11(4)5)20-14(18)8-12(9-16)7-10(2)3/h10-12,15H,6-9,16H2,1-5H3/t12-,15?/m0/s1. The summed E-state index contributed by atoms with van der Waals surface area (Å²) in [6, 6.07) is 0. The van der Waals surface area contributed by atoms with Crippen LogP contribution in [0.2, 0.25) is 0 Å². The van der Waals surface area contributed by atoms with Crippen molar-refractivity contribution in [2.24, 2.45) is 23.5 Å². The number of hydrogen-bond acceptors (Lipinski definition) is 5. The largest absolute Gasteiger partial charge is 0.425 e. The van der Waals surface area contributed by atoms with Crippen molar-refractivity contribution in [2.75, 3.05) is 6.54 Å². The molecule has 0 radical (unpaired) electrons. The Morgan fingerprint density at radius 1 is 1.05 bits per heavy atom. The van der Waals surface area contributed by atoms with Crippen LogP contribution in [0, 0.1) is 17.8 Å². The number of carbonyl (C=O) groups is 2. The highest BCUT2D eigenvalue weighted by Gasteiger charge is 2.24. The SMILES string of the molecule is CCC(=O)OC(OC(=O)C[C@@H](CN)CC(C)C)C(C)C. The first-order valence-electron chi connectivity index (χ1n) is 7.39. The Hall–Kier alpha value is -1.10. The third kappa shape index (κ3) is 8.15. The smallest absolute Gasteiger partial charge is 0.309 e. The lowest BCUT2D eigenvalue weighted by Crippen LogP contribution is -2.31. The van der Waals surface area contributed by atoms with Crippen LogP contribution in [-0.4, -0.2) is 24.8 Å². The lowest BCUT2D eigenvalue weighted by molar-refractivity contribution is -0.196. The van der Waals surface area contributed by atoms with E-state index in [2.05, 4.69) is 13.8 Å². The van der Waals surface area contributed by atoms with Gasteiger partial charge in [-0.2, -0.15) is 0 Å². The van der Waals surface area contributed by atoms with Crippen molar-refractivity contribution in [3.05, 3.63) is 0 Å². The van der Waals surface area contributed by atoms with Crippen LogP contribution in [0.4, 0.5) is 0 Å². The molecule has 0 aliphatic carbocycles. The van der Waals surface area contributed by atoms with Gasteiger partial charge in [0, 0.05) is 18.8 Å². The average molecular weight is 287 g/mol. The third-order valence-electron chi connectivity index (χ3n) is 2.92. The number of ether oxygens (including phenoxy) is 2. The van der Waals surface area contributed by atoms with Crippen molar-refractivity contribution in [3.63, 3.8) is 0 Å². The molecule has 0 fully saturated rings. The van der Waals surface area contributed by atoms with Gasteiger partial charge < -0.3 is 15.2 Å². The maximum atomic E-state index is 11.9. The first kappa shape index (κ1) is 18.9. The first-order chi connectivity index (χ1) is 9.29. The molecule has 0 aromatic heterocycles. The van der Waals surface area contributed by atoms with E-state index >= 15 is 0 Å². The highest BCUT2D eigenvalue weighted by Crippen LogP contribution is 2.17. The minimum Gasteiger partial charge on any atom is -0.425 e. The van der Waals surface area contributed by atoms with Gasteiger partial charge in [0.1, 0.15) is 0 Å². The second-order valence-electron chi connectivity index (χ2n) is 5.88. The fraction of sp³-hybridized carbons (Fsp3) is 0.867. The van der Waals surface area contributed by atoms with Crippen molar-refractivity contribution < 1.29 is 19.1 Å². The molecular formula is C15H29NO4. The van der Waals surface area contributed by atoms with Gasteiger partial charge in [0.2, 0.25) is 6.29 Å². The predicted octanol–water partition coefficient (Wildman–Crippen LogP) is 2.48. The van der Waals surface area contributed by atoms with Crippen LogP contribution < -0.4 is 5.73 Å². The predicted molar refractivity (Wildman–Crippen MR) is 77.7 cm³/mol. The zero-order valence-corrected chi connectivity index (χ0v) is 13.3. The Balaban J connectivity index is 4.41. The Labute approximate surface area is 122 Å². The summed E-state index contributed by atoms with van der Waals surface area (Å²) in [6.45, 7) is 10.0. The summed E-state index contributed by atoms with van der Waals surface area (Å²) in [5, 5.41) is 0. The van der Waals surface area contributed by atoms with Crippen molar-refractivity contribution in [1.82, 2.24) is 0 Å². The molecule has 0 spiro atoms. The molecule has 0 aliphatic heterocycles. The van der Waals surface area contributed by atoms with E-state index in [0.717, 1.165) is 6.42 Å². The van der Waals surface area contributed by atoms with Gasteiger partial charge in [-0.1, -0.05) is 34.6 Å². The van der Waals surface area contributed by atoms with Crippen LogP contribution in [0.25, 0.3) is 0 Å². The lowest BCUT2D eigenvalue weighted by Gasteiger charge is -2.23. The van der Waals surface area contributed by atoms with Crippen LogP contribution in [0.5, 0.6) is 0 Å².